The molecule has 3 aromatic carbocycles. The molecule has 0 aliphatic heterocycles. The summed E-state index contributed by atoms with van der Waals surface area (Å²) in [5.74, 6) is -0.323. The quantitative estimate of drug-likeness (QED) is 0.400. The molecule has 0 aliphatic carbocycles. The van der Waals surface area contributed by atoms with Gasteiger partial charge in [-0.3, -0.25) is 0 Å². The molecule has 0 bridgehead atoms. The third kappa shape index (κ3) is 3.81. The van der Waals surface area contributed by atoms with Crippen LogP contribution in [-0.4, -0.2) is 25.7 Å². The van der Waals surface area contributed by atoms with E-state index in [2.05, 4.69) is 10.1 Å². The van der Waals surface area contributed by atoms with Crippen LogP contribution in [0.5, 0.6) is 5.75 Å². The Kier molecular flexibility index (Phi) is 5.09. The molecular weight excluding hydrogens is 402 g/mol. The van der Waals surface area contributed by atoms with Gasteiger partial charge in [-0.1, -0.05) is 72.8 Å². The van der Waals surface area contributed by atoms with E-state index in [0.717, 1.165) is 33.7 Å². The highest BCUT2D eigenvalue weighted by atomic mass is 16.5. The summed E-state index contributed by atoms with van der Waals surface area (Å²) in [5, 5.41) is 13.7. The van der Waals surface area contributed by atoms with Crippen LogP contribution in [0.1, 0.15) is 16.1 Å². The molecule has 2 heterocycles. The van der Waals surface area contributed by atoms with Gasteiger partial charge in [-0.05, 0) is 23.3 Å². The van der Waals surface area contributed by atoms with Crippen molar-refractivity contribution in [2.45, 2.75) is 6.61 Å². The van der Waals surface area contributed by atoms with Gasteiger partial charge in [0.25, 0.3) is 0 Å². The minimum Gasteiger partial charge on any atom is -0.489 e. The van der Waals surface area contributed by atoms with Gasteiger partial charge in [-0.15, -0.1) is 0 Å². The van der Waals surface area contributed by atoms with Crippen molar-refractivity contribution < 1.29 is 14.6 Å². The molecule has 5 aromatic rings. The van der Waals surface area contributed by atoms with Gasteiger partial charge >= 0.3 is 5.97 Å². The summed E-state index contributed by atoms with van der Waals surface area (Å²) in [6.07, 6.45) is 1.75. The number of nitrogens with zero attached hydrogens (tertiary/aromatic N) is 3. The van der Waals surface area contributed by atoms with Crippen LogP contribution in [0.25, 0.3) is 28.0 Å². The number of hydrogen-bond donors (Lipinski definition) is 1. The van der Waals surface area contributed by atoms with E-state index >= 15 is 0 Å². The molecule has 0 aliphatic rings. The number of ether oxygens (including phenoxy) is 1. The number of benzene rings is 3. The van der Waals surface area contributed by atoms with Gasteiger partial charge < -0.3 is 9.84 Å². The maximum absolute atomic E-state index is 11.5. The average molecular weight is 421 g/mol. The molecule has 0 radical (unpaired) electrons. The number of carboxylic acid groups (broad SMARTS) is 1. The zero-order chi connectivity index (χ0) is 21.9. The Morgan fingerprint density at radius 1 is 0.875 bits per heavy atom. The summed E-state index contributed by atoms with van der Waals surface area (Å²) in [4.78, 5) is 15.9. The van der Waals surface area contributed by atoms with Crippen molar-refractivity contribution in [1.82, 2.24) is 14.6 Å². The largest absolute Gasteiger partial charge is 0.489 e. The summed E-state index contributed by atoms with van der Waals surface area (Å²) >= 11 is 0. The third-order valence-electron chi connectivity index (χ3n) is 5.16. The van der Waals surface area contributed by atoms with Crippen molar-refractivity contribution >= 4 is 11.6 Å². The summed E-state index contributed by atoms with van der Waals surface area (Å²) in [6.45, 7) is 0.494. The number of aromatic carboxylic acids is 1. The van der Waals surface area contributed by atoms with E-state index in [4.69, 9.17) is 4.74 Å². The van der Waals surface area contributed by atoms with E-state index in [9.17, 15) is 9.90 Å². The zero-order valence-corrected chi connectivity index (χ0v) is 17.1. The number of aromatic nitrogens is 3. The Labute approximate surface area is 184 Å². The van der Waals surface area contributed by atoms with Crippen molar-refractivity contribution in [3.63, 3.8) is 0 Å². The van der Waals surface area contributed by atoms with Crippen LogP contribution in [0.15, 0.2) is 97.2 Å². The molecule has 0 fully saturated rings. The molecular formula is C26H19N3O3. The van der Waals surface area contributed by atoms with Gasteiger partial charge in [0.05, 0.1) is 5.69 Å². The fraction of sp³-hybridized carbons (Fsp3) is 0.0385. The molecule has 32 heavy (non-hydrogen) atoms. The lowest BCUT2D eigenvalue weighted by atomic mass is 10.0. The number of rotatable bonds is 6. The molecule has 0 unspecified atom stereocenters. The van der Waals surface area contributed by atoms with Crippen LogP contribution in [0.3, 0.4) is 0 Å². The van der Waals surface area contributed by atoms with Gasteiger partial charge in [-0.25, -0.2) is 14.3 Å². The van der Waals surface area contributed by atoms with Crippen LogP contribution in [0.4, 0.5) is 0 Å². The predicted octanol–water partition coefficient (Wildman–Crippen LogP) is 5.34. The summed E-state index contributed by atoms with van der Waals surface area (Å²) in [6, 6.07) is 29.0. The first-order chi connectivity index (χ1) is 15.7. The maximum atomic E-state index is 11.5. The second-order valence-electron chi connectivity index (χ2n) is 7.29. The van der Waals surface area contributed by atoms with Crippen molar-refractivity contribution in [3.05, 3.63) is 108 Å². The topological polar surface area (TPSA) is 76.7 Å². The molecule has 0 atom stereocenters. The molecule has 0 amide bonds. The molecule has 156 valence electrons. The summed E-state index contributed by atoms with van der Waals surface area (Å²) in [7, 11) is 0. The molecule has 2 aromatic heterocycles. The number of carbonyl (C=O) groups is 1. The Morgan fingerprint density at radius 3 is 2.25 bits per heavy atom. The Balaban J connectivity index is 1.54. The normalized spacial score (nSPS) is 10.9. The van der Waals surface area contributed by atoms with Gasteiger partial charge in [-0.2, -0.15) is 5.10 Å². The number of fused-ring (bicyclic) bond motifs is 1. The highest BCUT2D eigenvalue weighted by molar-refractivity contribution is 5.88. The molecule has 0 saturated heterocycles. The standard InChI is InChI=1S/C26H19N3O3/c30-26(31)23-15-24-27-16-22(25(29(24)28-23)20-9-5-2-6-10-20)19-11-13-21(14-12-19)32-17-18-7-3-1-4-8-18/h1-16H,17H2,(H,30,31). The number of carboxylic acids is 1. The molecule has 5 rings (SSSR count). The van der Waals surface area contributed by atoms with Gasteiger partial charge in [0.15, 0.2) is 11.3 Å². The first kappa shape index (κ1) is 19.5. The molecule has 1 N–H and O–H groups in total. The lowest BCUT2D eigenvalue weighted by Crippen LogP contribution is -2.02. The fourth-order valence-corrected chi connectivity index (χ4v) is 3.59. The monoisotopic (exact) mass is 421 g/mol. The van der Waals surface area contributed by atoms with Crippen molar-refractivity contribution in [1.29, 1.82) is 0 Å². The van der Waals surface area contributed by atoms with Crippen molar-refractivity contribution in [2.24, 2.45) is 0 Å². The van der Waals surface area contributed by atoms with Crippen LogP contribution in [-0.2, 0) is 6.61 Å². The lowest BCUT2D eigenvalue weighted by molar-refractivity contribution is 0.0690. The fourth-order valence-electron chi connectivity index (χ4n) is 3.59. The Morgan fingerprint density at radius 2 is 1.56 bits per heavy atom. The first-order valence-corrected chi connectivity index (χ1v) is 10.1. The zero-order valence-electron chi connectivity index (χ0n) is 17.1. The first-order valence-electron chi connectivity index (χ1n) is 10.1. The van der Waals surface area contributed by atoms with Crippen LogP contribution < -0.4 is 4.74 Å². The van der Waals surface area contributed by atoms with E-state index in [1.54, 1.807) is 10.7 Å². The van der Waals surface area contributed by atoms with Crippen molar-refractivity contribution in [2.75, 3.05) is 0 Å². The second kappa shape index (κ2) is 8.35. The van der Waals surface area contributed by atoms with E-state index in [1.807, 2.05) is 84.9 Å². The third-order valence-corrected chi connectivity index (χ3v) is 5.16. The van der Waals surface area contributed by atoms with Gasteiger partial charge in [0.2, 0.25) is 0 Å². The maximum Gasteiger partial charge on any atom is 0.356 e. The lowest BCUT2D eigenvalue weighted by Gasteiger charge is -2.13. The molecule has 0 spiro atoms. The minimum absolute atomic E-state index is 0.0449. The predicted molar refractivity (Wildman–Crippen MR) is 122 cm³/mol. The van der Waals surface area contributed by atoms with E-state index in [-0.39, 0.29) is 5.69 Å². The Hall–Kier alpha value is -4.45. The summed E-state index contributed by atoms with van der Waals surface area (Å²) < 4.78 is 7.49. The summed E-state index contributed by atoms with van der Waals surface area (Å²) in [5.41, 5.74) is 5.01. The molecule has 6 nitrogen and oxygen atoms in total. The van der Waals surface area contributed by atoms with Gasteiger partial charge in [0.1, 0.15) is 12.4 Å². The minimum atomic E-state index is -1.09. The highest BCUT2D eigenvalue weighted by Crippen LogP contribution is 2.33. The highest BCUT2D eigenvalue weighted by Gasteiger charge is 2.17. The van der Waals surface area contributed by atoms with Crippen LogP contribution >= 0.6 is 0 Å². The Bertz CT molecular complexity index is 1380. The molecule has 0 saturated carbocycles. The van der Waals surface area contributed by atoms with Crippen molar-refractivity contribution in [3.8, 4) is 28.1 Å². The van der Waals surface area contributed by atoms with Crippen LogP contribution in [0, 0.1) is 0 Å². The van der Waals surface area contributed by atoms with Gasteiger partial charge in [0, 0.05) is 23.4 Å². The second-order valence-corrected chi connectivity index (χ2v) is 7.29. The van der Waals surface area contributed by atoms with E-state index < -0.39 is 5.97 Å². The molecule has 6 heteroatoms. The van der Waals surface area contributed by atoms with Crippen LogP contribution in [0.2, 0.25) is 0 Å². The SMILES string of the molecule is O=C(O)c1cc2ncc(-c3ccc(OCc4ccccc4)cc3)c(-c3ccccc3)n2n1. The smallest absolute Gasteiger partial charge is 0.356 e. The van der Waals surface area contributed by atoms with E-state index in [0.29, 0.717) is 12.3 Å². The average Bonchev–Trinajstić information content (AvgIpc) is 3.29. The van der Waals surface area contributed by atoms with E-state index in [1.165, 1.54) is 6.07 Å². The number of hydrogen-bond acceptors (Lipinski definition) is 4.